The molecule has 0 unspecified atom stereocenters. The Hall–Kier alpha value is -3.69. The summed E-state index contributed by atoms with van der Waals surface area (Å²) in [7, 11) is 1.76. The van der Waals surface area contributed by atoms with Gasteiger partial charge < -0.3 is 5.32 Å². The molecule has 1 N–H and O–H groups in total. The number of carbonyl (C=O) groups is 2. The van der Waals surface area contributed by atoms with Crippen LogP contribution in [0.15, 0.2) is 82.5 Å². The summed E-state index contributed by atoms with van der Waals surface area (Å²) in [5, 5.41) is 2.72. The van der Waals surface area contributed by atoms with Gasteiger partial charge in [-0.15, -0.1) is 0 Å². The summed E-state index contributed by atoms with van der Waals surface area (Å²) in [4.78, 5) is 40.3. The highest BCUT2D eigenvalue weighted by Gasteiger charge is 2.31. The predicted octanol–water partition coefficient (Wildman–Crippen LogP) is 4.27. The highest BCUT2D eigenvalue weighted by molar-refractivity contribution is 8.26. The van der Waals surface area contributed by atoms with Gasteiger partial charge in [-0.3, -0.25) is 24.0 Å². The molecule has 0 saturated carbocycles. The van der Waals surface area contributed by atoms with Crippen LogP contribution in [0.2, 0.25) is 0 Å². The maximum atomic E-state index is 13.0. The molecule has 0 aliphatic carbocycles. The van der Waals surface area contributed by atoms with Crippen LogP contribution in [0.5, 0.6) is 0 Å². The van der Waals surface area contributed by atoms with Crippen LogP contribution in [0.4, 0.5) is 5.69 Å². The van der Waals surface area contributed by atoms with E-state index in [0.29, 0.717) is 20.6 Å². The lowest BCUT2D eigenvalue weighted by Gasteiger charge is -2.13. The van der Waals surface area contributed by atoms with E-state index in [4.69, 9.17) is 12.2 Å². The van der Waals surface area contributed by atoms with Crippen molar-refractivity contribution in [2.75, 3.05) is 11.9 Å². The van der Waals surface area contributed by atoms with Crippen molar-refractivity contribution in [3.05, 3.63) is 99.3 Å². The van der Waals surface area contributed by atoms with Gasteiger partial charge in [0, 0.05) is 20.0 Å². The predicted molar refractivity (Wildman–Crippen MR) is 144 cm³/mol. The van der Waals surface area contributed by atoms with Gasteiger partial charge in [0.25, 0.3) is 11.5 Å². The summed E-state index contributed by atoms with van der Waals surface area (Å²) >= 11 is 6.56. The molecule has 4 rings (SSSR count). The van der Waals surface area contributed by atoms with Crippen molar-refractivity contribution in [2.24, 2.45) is 7.05 Å². The molecule has 9 heteroatoms. The minimum atomic E-state index is -0.363. The Labute approximate surface area is 212 Å². The van der Waals surface area contributed by atoms with Crippen molar-refractivity contribution in [1.29, 1.82) is 0 Å². The van der Waals surface area contributed by atoms with Crippen molar-refractivity contribution >= 4 is 51.9 Å². The molecule has 2 amide bonds. The van der Waals surface area contributed by atoms with Crippen LogP contribution in [-0.2, 0) is 16.6 Å². The van der Waals surface area contributed by atoms with Gasteiger partial charge in [-0.2, -0.15) is 0 Å². The number of allylic oxidation sites excluding steroid dienone is 2. The quantitative estimate of drug-likeness (QED) is 0.384. The average Bonchev–Trinajstić information content (AvgIpc) is 3.25. The number of rotatable bonds is 7. The Kier molecular flexibility index (Phi) is 7.48. The first-order valence-corrected chi connectivity index (χ1v) is 12.2. The summed E-state index contributed by atoms with van der Waals surface area (Å²) in [5.74, 6) is -0.592. The minimum absolute atomic E-state index is 0.0126. The van der Waals surface area contributed by atoms with E-state index in [1.165, 1.54) is 21.3 Å². The third kappa shape index (κ3) is 5.36. The number of anilines is 1. The van der Waals surface area contributed by atoms with Gasteiger partial charge >= 0.3 is 0 Å². The molecule has 1 aliphatic heterocycles. The zero-order valence-corrected chi connectivity index (χ0v) is 20.9. The number of hydrogen-bond donors (Lipinski definition) is 1. The van der Waals surface area contributed by atoms with Gasteiger partial charge in [0.1, 0.15) is 10.0 Å². The molecule has 1 fully saturated rings. The molecular weight excluding hydrogens is 480 g/mol. The van der Waals surface area contributed by atoms with Gasteiger partial charge in [-0.05, 0) is 30.7 Å². The number of hydrogen-bond acceptors (Lipinski definition) is 5. The van der Waals surface area contributed by atoms with Crippen LogP contribution in [0.25, 0.3) is 11.8 Å². The Morgan fingerprint density at radius 2 is 1.71 bits per heavy atom. The third-order valence-electron chi connectivity index (χ3n) is 5.59. The Morgan fingerprint density at radius 3 is 2.40 bits per heavy atom. The monoisotopic (exact) mass is 504 g/mol. The average molecular weight is 505 g/mol. The van der Waals surface area contributed by atoms with Gasteiger partial charge in [0.2, 0.25) is 5.91 Å². The fraction of sp³-hybridized carbons (Fsp3) is 0.154. The highest BCUT2D eigenvalue weighted by Crippen LogP contribution is 2.31. The van der Waals surface area contributed by atoms with Gasteiger partial charge in [0.15, 0.2) is 0 Å². The molecule has 0 atom stereocenters. The summed E-state index contributed by atoms with van der Waals surface area (Å²) in [6, 6.07) is 19.0. The van der Waals surface area contributed by atoms with Crippen LogP contribution in [0.3, 0.4) is 0 Å². The number of nitrogens with zero attached hydrogens (tertiary/aromatic N) is 3. The second-order valence-corrected chi connectivity index (χ2v) is 9.54. The fourth-order valence-corrected chi connectivity index (χ4v) is 4.91. The van der Waals surface area contributed by atoms with E-state index in [2.05, 4.69) is 5.32 Å². The minimum Gasteiger partial charge on any atom is -0.320 e. The molecule has 35 heavy (non-hydrogen) atoms. The normalized spacial score (nSPS) is 14.9. The second-order valence-electron chi connectivity index (χ2n) is 7.86. The Morgan fingerprint density at radius 1 is 1.06 bits per heavy atom. The van der Waals surface area contributed by atoms with E-state index >= 15 is 0 Å². The van der Waals surface area contributed by atoms with Crippen molar-refractivity contribution in [3.8, 4) is 5.69 Å². The standard InChI is InChI=1S/C26H24N4O3S2/c1-18-23(25(33)30(28(18)2)20-13-7-4-8-14-20)27-22(31)16-17-29-24(32)21(35-26(29)34)15-9-12-19-10-5-3-6-11-19/h3-15H,16-17H2,1-2H3,(H,27,31)/b12-9+,21-15-. The number of para-hydroxylation sites is 1. The number of thiocarbonyl (C=S) groups is 1. The van der Waals surface area contributed by atoms with E-state index < -0.39 is 0 Å². The van der Waals surface area contributed by atoms with Crippen LogP contribution < -0.4 is 10.9 Å². The van der Waals surface area contributed by atoms with Crippen molar-refractivity contribution in [2.45, 2.75) is 13.3 Å². The maximum absolute atomic E-state index is 13.0. The third-order valence-corrected chi connectivity index (χ3v) is 6.99. The molecule has 0 spiro atoms. The van der Waals surface area contributed by atoms with Gasteiger partial charge in [0.05, 0.1) is 16.3 Å². The van der Waals surface area contributed by atoms with E-state index in [0.717, 1.165) is 5.56 Å². The number of carbonyl (C=O) groups excluding carboxylic acids is 2. The number of nitrogens with one attached hydrogen (secondary N) is 1. The maximum Gasteiger partial charge on any atom is 0.295 e. The summed E-state index contributed by atoms with van der Waals surface area (Å²) in [6.45, 7) is 1.90. The SMILES string of the molecule is Cc1c(NC(=O)CCN2C(=O)/C(=C/C=C/c3ccccc3)SC2=S)c(=O)n(-c2ccccc2)n1C. The topological polar surface area (TPSA) is 76.3 Å². The van der Waals surface area contributed by atoms with Crippen molar-refractivity contribution in [3.63, 3.8) is 0 Å². The molecule has 0 radical (unpaired) electrons. The van der Waals surface area contributed by atoms with Crippen LogP contribution in [0.1, 0.15) is 17.7 Å². The number of aromatic nitrogens is 2. The lowest BCUT2D eigenvalue weighted by Crippen LogP contribution is -2.32. The molecule has 178 valence electrons. The first-order chi connectivity index (χ1) is 16.9. The lowest BCUT2D eigenvalue weighted by atomic mass is 10.2. The smallest absolute Gasteiger partial charge is 0.295 e. The molecule has 1 aliphatic rings. The number of amides is 2. The second kappa shape index (κ2) is 10.7. The number of benzene rings is 2. The molecular formula is C26H24N4O3S2. The van der Waals surface area contributed by atoms with Gasteiger partial charge in [-0.25, -0.2) is 4.68 Å². The molecule has 1 saturated heterocycles. The number of thioether (sulfide) groups is 1. The molecule has 7 nitrogen and oxygen atoms in total. The lowest BCUT2D eigenvalue weighted by molar-refractivity contribution is -0.122. The highest BCUT2D eigenvalue weighted by atomic mass is 32.2. The Bertz CT molecular complexity index is 1390. The van der Waals surface area contributed by atoms with E-state index in [1.807, 2.05) is 72.8 Å². The van der Waals surface area contributed by atoms with Crippen molar-refractivity contribution in [1.82, 2.24) is 14.3 Å². The summed E-state index contributed by atoms with van der Waals surface area (Å²) in [6.07, 6.45) is 5.46. The molecule has 0 bridgehead atoms. The van der Waals surface area contributed by atoms with E-state index in [1.54, 1.807) is 24.7 Å². The first-order valence-electron chi connectivity index (χ1n) is 11.0. The summed E-state index contributed by atoms with van der Waals surface area (Å²) < 4.78 is 3.61. The molecule has 2 aromatic carbocycles. The van der Waals surface area contributed by atoms with Crippen molar-refractivity contribution < 1.29 is 9.59 Å². The molecule has 2 heterocycles. The Balaban J connectivity index is 1.40. The zero-order valence-electron chi connectivity index (χ0n) is 19.3. The van der Waals surface area contributed by atoms with Gasteiger partial charge in [-0.1, -0.05) is 84.7 Å². The van der Waals surface area contributed by atoms with Crippen LogP contribution in [0, 0.1) is 6.92 Å². The summed E-state index contributed by atoms with van der Waals surface area (Å²) in [5.41, 5.74) is 2.26. The molecule has 3 aromatic rings. The molecule has 1 aromatic heterocycles. The van der Waals surface area contributed by atoms with Crippen LogP contribution >= 0.6 is 24.0 Å². The largest absolute Gasteiger partial charge is 0.320 e. The fourth-order valence-electron chi connectivity index (χ4n) is 3.65. The van der Waals surface area contributed by atoms with Crippen LogP contribution in [-0.4, -0.2) is 36.9 Å². The zero-order chi connectivity index (χ0) is 24.9. The van der Waals surface area contributed by atoms with E-state index in [-0.39, 0.29) is 36.0 Å². The van der Waals surface area contributed by atoms with E-state index in [9.17, 15) is 14.4 Å². The first kappa shape index (κ1) is 24.4.